The summed E-state index contributed by atoms with van der Waals surface area (Å²) in [6.45, 7) is 0.00759. The molecular formula is C17H14N2O. The minimum Gasteiger partial charge on any atom is -0.392 e. The highest BCUT2D eigenvalue weighted by Crippen LogP contribution is 2.21. The summed E-state index contributed by atoms with van der Waals surface area (Å²) in [5.41, 5.74) is 4.67. The van der Waals surface area contributed by atoms with E-state index in [1.807, 2.05) is 48.7 Å². The second kappa shape index (κ2) is 5.63. The van der Waals surface area contributed by atoms with Crippen molar-refractivity contribution in [2.24, 2.45) is 0 Å². The van der Waals surface area contributed by atoms with Gasteiger partial charge in [0.1, 0.15) is 0 Å². The van der Waals surface area contributed by atoms with Crippen molar-refractivity contribution in [2.45, 2.75) is 6.61 Å². The lowest BCUT2D eigenvalue weighted by Crippen LogP contribution is -1.90. The topological polar surface area (TPSA) is 46.0 Å². The van der Waals surface area contributed by atoms with Crippen LogP contribution in [0.15, 0.2) is 67.0 Å². The van der Waals surface area contributed by atoms with Gasteiger partial charge in [0.2, 0.25) is 0 Å². The second-order valence-corrected chi connectivity index (χ2v) is 4.51. The average molecular weight is 262 g/mol. The standard InChI is InChI=1S/C17H14N2O/c20-12-13-6-8-16(18-10-13)17-9-7-15(11-19-17)14-4-2-1-3-5-14/h1-11,20H,12H2. The van der Waals surface area contributed by atoms with Crippen LogP contribution in [0.3, 0.4) is 0 Å². The van der Waals surface area contributed by atoms with Crippen molar-refractivity contribution >= 4 is 0 Å². The van der Waals surface area contributed by atoms with E-state index in [9.17, 15) is 0 Å². The van der Waals surface area contributed by atoms with Crippen molar-refractivity contribution in [3.63, 3.8) is 0 Å². The fourth-order valence-corrected chi connectivity index (χ4v) is 2.02. The van der Waals surface area contributed by atoms with Crippen LogP contribution in [0.4, 0.5) is 0 Å². The van der Waals surface area contributed by atoms with Crippen LogP contribution in [0.25, 0.3) is 22.5 Å². The van der Waals surface area contributed by atoms with Gasteiger partial charge in [-0.2, -0.15) is 0 Å². The Balaban J connectivity index is 1.89. The molecule has 3 nitrogen and oxygen atoms in total. The number of rotatable bonds is 3. The summed E-state index contributed by atoms with van der Waals surface area (Å²) >= 11 is 0. The van der Waals surface area contributed by atoms with Gasteiger partial charge in [-0.05, 0) is 23.3 Å². The average Bonchev–Trinajstić information content (AvgIpc) is 2.56. The molecule has 20 heavy (non-hydrogen) atoms. The van der Waals surface area contributed by atoms with Gasteiger partial charge in [0.25, 0.3) is 0 Å². The first kappa shape index (κ1) is 12.5. The maximum atomic E-state index is 9.01. The molecule has 0 atom stereocenters. The Bertz CT molecular complexity index is 676. The van der Waals surface area contributed by atoms with Crippen LogP contribution < -0.4 is 0 Å². The van der Waals surface area contributed by atoms with E-state index in [1.54, 1.807) is 6.20 Å². The van der Waals surface area contributed by atoms with Crippen molar-refractivity contribution in [1.29, 1.82) is 0 Å². The summed E-state index contributed by atoms with van der Waals surface area (Å²) in [5.74, 6) is 0. The Morgan fingerprint density at radius 1 is 0.700 bits per heavy atom. The van der Waals surface area contributed by atoms with Gasteiger partial charge in [-0.25, -0.2) is 0 Å². The van der Waals surface area contributed by atoms with Crippen LogP contribution in [0.5, 0.6) is 0 Å². The molecule has 0 fully saturated rings. The van der Waals surface area contributed by atoms with Crippen molar-refractivity contribution in [1.82, 2.24) is 9.97 Å². The minimum atomic E-state index is 0.00759. The van der Waals surface area contributed by atoms with E-state index in [1.165, 1.54) is 0 Å². The fraction of sp³-hybridized carbons (Fsp3) is 0.0588. The van der Waals surface area contributed by atoms with E-state index in [2.05, 4.69) is 22.1 Å². The quantitative estimate of drug-likeness (QED) is 0.787. The third kappa shape index (κ3) is 2.58. The SMILES string of the molecule is OCc1ccc(-c2ccc(-c3ccccc3)cn2)nc1. The Hall–Kier alpha value is -2.52. The van der Waals surface area contributed by atoms with E-state index >= 15 is 0 Å². The van der Waals surface area contributed by atoms with Crippen LogP contribution in [-0.4, -0.2) is 15.1 Å². The van der Waals surface area contributed by atoms with Gasteiger partial charge in [0.15, 0.2) is 0 Å². The molecule has 0 aliphatic heterocycles. The molecule has 0 aliphatic rings. The van der Waals surface area contributed by atoms with Gasteiger partial charge in [-0.15, -0.1) is 0 Å². The van der Waals surface area contributed by atoms with Crippen LogP contribution in [0, 0.1) is 0 Å². The molecule has 3 aromatic rings. The van der Waals surface area contributed by atoms with Crippen molar-refractivity contribution in [3.8, 4) is 22.5 Å². The Morgan fingerprint density at radius 3 is 1.95 bits per heavy atom. The maximum Gasteiger partial charge on any atom is 0.0886 e. The number of hydrogen-bond donors (Lipinski definition) is 1. The largest absolute Gasteiger partial charge is 0.392 e. The molecule has 0 unspecified atom stereocenters. The van der Waals surface area contributed by atoms with Gasteiger partial charge in [0.05, 0.1) is 18.0 Å². The highest BCUT2D eigenvalue weighted by Gasteiger charge is 2.02. The first-order valence-corrected chi connectivity index (χ1v) is 6.44. The normalized spacial score (nSPS) is 10.4. The predicted molar refractivity (Wildman–Crippen MR) is 78.8 cm³/mol. The van der Waals surface area contributed by atoms with E-state index in [-0.39, 0.29) is 6.61 Å². The smallest absolute Gasteiger partial charge is 0.0886 e. The van der Waals surface area contributed by atoms with Crippen molar-refractivity contribution < 1.29 is 5.11 Å². The molecule has 2 aromatic heterocycles. The van der Waals surface area contributed by atoms with Gasteiger partial charge in [-0.3, -0.25) is 9.97 Å². The summed E-state index contributed by atoms with van der Waals surface area (Å²) in [7, 11) is 0. The monoisotopic (exact) mass is 262 g/mol. The van der Waals surface area contributed by atoms with Crippen molar-refractivity contribution in [2.75, 3.05) is 0 Å². The number of aromatic nitrogens is 2. The molecule has 3 heteroatoms. The van der Waals surface area contributed by atoms with E-state index < -0.39 is 0 Å². The third-order valence-corrected chi connectivity index (χ3v) is 3.14. The molecule has 0 amide bonds. The van der Waals surface area contributed by atoms with Crippen LogP contribution in [0.2, 0.25) is 0 Å². The zero-order chi connectivity index (χ0) is 13.8. The maximum absolute atomic E-state index is 9.01. The zero-order valence-electron chi connectivity index (χ0n) is 10.9. The Morgan fingerprint density at radius 2 is 1.40 bits per heavy atom. The second-order valence-electron chi connectivity index (χ2n) is 4.51. The molecule has 0 spiro atoms. The van der Waals surface area contributed by atoms with Crippen LogP contribution in [0.1, 0.15) is 5.56 Å². The molecule has 2 heterocycles. The highest BCUT2D eigenvalue weighted by atomic mass is 16.3. The summed E-state index contributed by atoms with van der Waals surface area (Å²) in [6, 6.07) is 17.9. The summed E-state index contributed by atoms with van der Waals surface area (Å²) in [4.78, 5) is 8.76. The van der Waals surface area contributed by atoms with E-state index in [0.717, 1.165) is 28.1 Å². The van der Waals surface area contributed by atoms with Gasteiger partial charge in [0, 0.05) is 18.0 Å². The van der Waals surface area contributed by atoms with Gasteiger partial charge >= 0.3 is 0 Å². The molecule has 0 saturated heterocycles. The zero-order valence-corrected chi connectivity index (χ0v) is 10.9. The lowest BCUT2D eigenvalue weighted by molar-refractivity contribution is 0.281. The molecule has 0 aliphatic carbocycles. The summed E-state index contributed by atoms with van der Waals surface area (Å²) in [6.07, 6.45) is 3.52. The van der Waals surface area contributed by atoms with Crippen LogP contribution >= 0.6 is 0 Å². The minimum absolute atomic E-state index is 0.00759. The highest BCUT2D eigenvalue weighted by molar-refractivity contribution is 5.65. The van der Waals surface area contributed by atoms with E-state index in [4.69, 9.17) is 5.11 Å². The molecule has 1 aromatic carbocycles. The van der Waals surface area contributed by atoms with Gasteiger partial charge in [-0.1, -0.05) is 42.5 Å². The number of pyridine rings is 2. The summed E-state index contributed by atoms with van der Waals surface area (Å²) in [5, 5.41) is 9.01. The van der Waals surface area contributed by atoms with Gasteiger partial charge < -0.3 is 5.11 Å². The predicted octanol–water partition coefficient (Wildman–Crippen LogP) is 3.30. The number of hydrogen-bond acceptors (Lipinski definition) is 3. The Kier molecular flexibility index (Phi) is 3.52. The number of nitrogens with zero attached hydrogens (tertiary/aromatic N) is 2. The lowest BCUT2D eigenvalue weighted by atomic mass is 10.1. The molecule has 1 N–H and O–H groups in total. The first-order chi connectivity index (χ1) is 9.86. The molecular weight excluding hydrogens is 248 g/mol. The number of aliphatic hydroxyl groups is 1. The molecule has 0 saturated carbocycles. The number of aliphatic hydroxyl groups excluding tert-OH is 1. The molecule has 0 bridgehead atoms. The molecule has 3 rings (SSSR count). The number of benzene rings is 1. The first-order valence-electron chi connectivity index (χ1n) is 6.44. The third-order valence-electron chi connectivity index (χ3n) is 3.14. The Labute approximate surface area is 117 Å². The lowest BCUT2D eigenvalue weighted by Gasteiger charge is -2.04. The summed E-state index contributed by atoms with van der Waals surface area (Å²) < 4.78 is 0. The molecule has 98 valence electrons. The molecule has 0 radical (unpaired) electrons. The van der Waals surface area contributed by atoms with E-state index in [0.29, 0.717) is 0 Å². The fourth-order valence-electron chi connectivity index (χ4n) is 2.02. The van der Waals surface area contributed by atoms with Crippen LogP contribution in [-0.2, 0) is 6.61 Å². The van der Waals surface area contributed by atoms with Crippen molar-refractivity contribution in [3.05, 3.63) is 72.6 Å².